The fourth-order valence-corrected chi connectivity index (χ4v) is 3.66. The maximum absolute atomic E-state index is 11.1. The fourth-order valence-electron chi connectivity index (χ4n) is 2.34. The maximum atomic E-state index is 11.1. The SMILES string of the molecule is O=C(O)C1CCc2c(Cl)nc(-c3ccc(Cl)s3)n2C1. The summed E-state index contributed by atoms with van der Waals surface area (Å²) in [6, 6.07) is 3.68. The largest absolute Gasteiger partial charge is 0.481 e. The Labute approximate surface area is 123 Å². The minimum Gasteiger partial charge on any atom is -0.481 e. The molecule has 0 bridgehead atoms. The molecule has 2 aromatic heterocycles. The highest BCUT2D eigenvalue weighted by Gasteiger charge is 2.29. The molecule has 1 aliphatic rings. The topological polar surface area (TPSA) is 55.1 Å². The van der Waals surface area contributed by atoms with Gasteiger partial charge in [-0.1, -0.05) is 23.2 Å². The lowest BCUT2D eigenvalue weighted by molar-refractivity contribution is -0.142. The van der Waals surface area contributed by atoms with Gasteiger partial charge in [-0.3, -0.25) is 4.79 Å². The highest BCUT2D eigenvalue weighted by atomic mass is 35.5. The summed E-state index contributed by atoms with van der Waals surface area (Å²) in [5.41, 5.74) is 0.915. The molecule has 0 amide bonds. The van der Waals surface area contributed by atoms with E-state index in [-0.39, 0.29) is 5.92 Å². The molecule has 0 saturated heterocycles. The average molecular weight is 317 g/mol. The number of nitrogens with zero attached hydrogens (tertiary/aromatic N) is 2. The number of imidazole rings is 1. The van der Waals surface area contributed by atoms with Crippen molar-refractivity contribution in [3.63, 3.8) is 0 Å². The van der Waals surface area contributed by atoms with Gasteiger partial charge in [0.1, 0.15) is 0 Å². The third kappa shape index (κ3) is 2.26. The van der Waals surface area contributed by atoms with Gasteiger partial charge in [0, 0.05) is 6.54 Å². The Hall–Kier alpha value is -1.04. The number of halogens is 2. The Morgan fingerprint density at radius 3 is 2.89 bits per heavy atom. The number of rotatable bonds is 2. The number of carboxylic acid groups (broad SMARTS) is 1. The molecule has 4 nitrogen and oxygen atoms in total. The van der Waals surface area contributed by atoms with Gasteiger partial charge in [-0.2, -0.15) is 0 Å². The highest BCUT2D eigenvalue weighted by molar-refractivity contribution is 7.19. The van der Waals surface area contributed by atoms with E-state index in [2.05, 4.69) is 4.98 Å². The molecule has 0 radical (unpaired) electrons. The summed E-state index contributed by atoms with van der Waals surface area (Å²) in [6.07, 6.45) is 1.24. The number of carboxylic acids is 1. The van der Waals surface area contributed by atoms with Crippen molar-refractivity contribution < 1.29 is 9.90 Å². The van der Waals surface area contributed by atoms with Crippen LogP contribution in [0.2, 0.25) is 9.49 Å². The van der Waals surface area contributed by atoms with Crippen LogP contribution in [0.5, 0.6) is 0 Å². The van der Waals surface area contributed by atoms with E-state index in [4.69, 9.17) is 28.3 Å². The maximum Gasteiger partial charge on any atom is 0.308 e. The highest BCUT2D eigenvalue weighted by Crippen LogP contribution is 2.36. The molecule has 3 rings (SSSR count). The van der Waals surface area contributed by atoms with E-state index in [1.54, 1.807) is 6.07 Å². The van der Waals surface area contributed by atoms with Crippen molar-refractivity contribution in [2.24, 2.45) is 5.92 Å². The molecule has 2 aromatic rings. The number of fused-ring (bicyclic) bond motifs is 1. The molecule has 7 heteroatoms. The van der Waals surface area contributed by atoms with Gasteiger partial charge in [0.05, 0.1) is 20.8 Å². The van der Waals surface area contributed by atoms with Gasteiger partial charge in [0.15, 0.2) is 11.0 Å². The second-order valence-electron chi connectivity index (χ2n) is 4.46. The first-order chi connectivity index (χ1) is 9.06. The van der Waals surface area contributed by atoms with Crippen molar-refractivity contribution in [1.82, 2.24) is 9.55 Å². The summed E-state index contributed by atoms with van der Waals surface area (Å²) in [5.74, 6) is -0.444. The predicted molar refractivity (Wildman–Crippen MR) is 75.0 cm³/mol. The lowest BCUT2D eigenvalue weighted by atomic mass is 9.98. The number of aromatic nitrogens is 2. The molecule has 0 spiro atoms. The third-order valence-corrected chi connectivity index (χ3v) is 4.83. The van der Waals surface area contributed by atoms with Crippen LogP contribution in [0.3, 0.4) is 0 Å². The van der Waals surface area contributed by atoms with Gasteiger partial charge in [0.25, 0.3) is 0 Å². The van der Waals surface area contributed by atoms with E-state index in [0.717, 1.165) is 10.6 Å². The van der Waals surface area contributed by atoms with Gasteiger partial charge in [-0.05, 0) is 25.0 Å². The van der Waals surface area contributed by atoms with Gasteiger partial charge in [-0.15, -0.1) is 11.3 Å². The molecular weight excluding hydrogens is 307 g/mol. The lowest BCUT2D eigenvalue weighted by Gasteiger charge is -2.22. The summed E-state index contributed by atoms with van der Waals surface area (Å²) >= 11 is 13.5. The first-order valence-corrected chi connectivity index (χ1v) is 7.37. The summed E-state index contributed by atoms with van der Waals surface area (Å²) in [5, 5.41) is 9.61. The van der Waals surface area contributed by atoms with Crippen LogP contribution in [0.15, 0.2) is 12.1 Å². The molecule has 0 saturated carbocycles. The molecule has 1 atom stereocenters. The monoisotopic (exact) mass is 316 g/mol. The third-order valence-electron chi connectivity index (χ3n) is 3.30. The molecule has 0 aromatic carbocycles. The molecule has 3 heterocycles. The van der Waals surface area contributed by atoms with Gasteiger partial charge in [0.2, 0.25) is 0 Å². The predicted octanol–water partition coefficient (Wildman–Crippen LogP) is 3.57. The fraction of sp³-hybridized carbons (Fsp3) is 0.333. The van der Waals surface area contributed by atoms with Crippen molar-refractivity contribution in [1.29, 1.82) is 0 Å². The van der Waals surface area contributed by atoms with E-state index in [1.807, 2.05) is 10.6 Å². The zero-order chi connectivity index (χ0) is 13.6. The Morgan fingerprint density at radius 2 is 2.26 bits per heavy atom. The molecule has 0 aliphatic carbocycles. The number of carbonyl (C=O) groups is 1. The second-order valence-corrected chi connectivity index (χ2v) is 6.53. The molecule has 100 valence electrons. The van der Waals surface area contributed by atoms with E-state index in [1.165, 1.54) is 11.3 Å². The zero-order valence-electron chi connectivity index (χ0n) is 9.77. The number of hydrogen-bond donors (Lipinski definition) is 1. The van der Waals surface area contributed by atoms with E-state index < -0.39 is 5.97 Å². The number of aliphatic carboxylic acids is 1. The number of thiophene rings is 1. The smallest absolute Gasteiger partial charge is 0.308 e. The van der Waals surface area contributed by atoms with Crippen LogP contribution in [-0.4, -0.2) is 20.6 Å². The summed E-state index contributed by atoms with van der Waals surface area (Å²) in [7, 11) is 0. The Balaban J connectivity index is 2.06. The summed E-state index contributed by atoms with van der Waals surface area (Å²) < 4.78 is 2.58. The van der Waals surface area contributed by atoms with Crippen LogP contribution in [0.1, 0.15) is 12.1 Å². The van der Waals surface area contributed by atoms with E-state index in [9.17, 15) is 4.79 Å². The minimum absolute atomic E-state index is 0.382. The van der Waals surface area contributed by atoms with E-state index >= 15 is 0 Å². The molecule has 1 aliphatic heterocycles. The quantitative estimate of drug-likeness (QED) is 0.921. The van der Waals surface area contributed by atoms with E-state index in [0.29, 0.717) is 34.7 Å². The van der Waals surface area contributed by atoms with Crippen LogP contribution < -0.4 is 0 Å². The van der Waals surface area contributed by atoms with Crippen molar-refractivity contribution in [2.75, 3.05) is 0 Å². The standard InChI is InChI=1S/C12H10Cl2N2O2S/c13-9-4-3-8(19-9)11-15-10(14)7-2-1-6(12(17)18)5-16(7)11/h3-4,6H,1-2,5H2,(H,17,18). The number of hydrogen-bond acceptors (Lipinski definition) is 3. The van der Waals surface area contributed by atoms with Crippen molar-refractivity contribution >= 4 is 40.5 Å². The summed E-state index contributed by atoms with van der Waals surface area (Å²) in [6.45, 7) is 0.412. The molecule has 0 fully saturated rings. The van der Waals surface area contributed by atoms with Crippen molar-refractivity contribution in [3.8, 4) is 10.7 Å². The van der Waals surface area contributed by atoms with Crippen LogP contribution in [0.25, 0.3) is 10.7 Å². The Morgan fingerprint density at radius 1 is 1.47 bits per heavy atom. The Kier molecular flexibility index (Phi) is 3.28. The Bertz CT molecular complexity index is 650. The molecule has 1 unspecified atom stereocenters. The summed E-state index contributed by atoms with van der Waals surface area (Å²) in [4.78, 5) is 16.4. The van der Waals surface area contributed by atoms with Crippen molar-refractivity contribution in [2.45, 2.75) is 19.4 Å². The first-order valence-electron chi connectivity index (χ1n) is 5.79. The van der Waals surface area contributed by atoms with Crippen molar-refractivity contribution in [3.05, 3.63) is 27.3 Å². The van der Waals surface area contributed by atoms with Gasteiger partial charge < -0.3 is 9.67 Å². The second kappa shape index (κ2) is 4.81. The molecule has 1 N–H and O–H groups in total. The molecule has 19 heavy (non-hydrogen) atoms. The van der Waals surface area contributed by atoms with Gasteiger partial charge in [-0.25, -0.2) is 4.98 Å². The van der Waals surface area contributed by atoms with Crippen LogP contribution >= 0.6 is 34.5 Å². The first kappa shape index (κ1) is 13.0. The lowest BCUT2D eigenvalue weighted by Crippen LogP contribution is -2.26. The van der Waals surface area contributed by atoms with Crippen LogP contribution in [-0.2, 0) is 17.8 Å². The minimum atomic E-state index is -0.773. The van der Waals surface area contributed by atoms with Crippen LogP contribution in [0.4, 0.5) is 0 Å². The average Bonchev–Trinajstić information content (AvgIpc) is 2.93. The van der Waals surface area contributed by atoms with Gasteiger partial charge >= 0.3 is 5.97 Å². The molecular formula is C12H10Cl2N2O2S. The van der Waals surface area contributed by atoms with Crippen LogP contribution in [0, 0.1) is 5.92 Å². The normalized spacial score (nSPS) is 18.3. The zero-order valence-corrected chi connectivity index (χ0v) is 12.1.